The monoisotopic (exact) mass is 295 g/mol. The highest BCUT2D eigenvalue weighted by molar-refractivity contribution is 5.65. The molecule has 1 aromatic rings. The molecular formula is C15H25N3O3. The number of nitrogens with zero attached hydrogens (tertiary/aromatic N) is 2. The van der Waals surface area contributed by atoms with E-state index in [4.69, 9.17) is 20.7 Å². The summed E-state index contributed by atoms with van der Waals surface area (Å²) in [6.07, 6.45) is 0.976. The van der Waals surface area contributed by atoms with Crippen molar-refractivity contribution in [3.8, 4) is 5.75 Å². The Labute approximate surface area is 125 Å². The van der Waals surface area contributed by atoms with Crippen molar-refractivity contribution < 1.29 is 14.9 Å². The summed E-state index contributed by atoms with van der Waals surface area (Å²) in [4.78, 5) is 4.37. The number of rotatable bonds is 8. The van der Waals surface area contributed by atoms with E-state index in [-0.39, 0.29) is 13.2 Å². The Balaban J connectivity index is 1.87. The predicted molar refractivity (Wildman–Crippen MR) is 83.8 cm³/mol. The van der Waals surface area contributed by atoms with Crippen LogP contribution in [0.1, 0.15) is 6.42 Å². The van der Waals surface area contributed by atoms with Crippen molar-refractivity contribution >= 4 is 11.4 Å². The Morgan fingerprint density at radius 2 is 1.95 bits per heavy atom. The zero-order chi connectivity index (χ0) is 15.1. The molecule has 6 heteroatoms. The van der Waals surface area contributed by atoms with Crippen LogP contribution in [-0.2, 0) is 0 Å². The molecule has 0 unspecified atom stereocenters. The number of aliphatic hydroxyl groups excluding tert-OH is 2. The lowest BCUT2D eigenvalue weighted by Gasteiger charge is -2.32. The van der Waals surface area contributed by atoms with Crippen molar-refractivity contribution in [1.82, 2.24) is 4.90 Å². The van der Waals surface area contributed by atoms with Crippen LogP contribution in [0.3, 0.4) is 0 Å². The number of nitrogen functional groups attached to an aromatic ring is 1. The lowest BCUT2D eigenvalue weighted by atomic mass is 10.2. The molecule has 0 saturated carbocycles. The molecule has 0 radical (unpaired) electrons. The number of aliphatic hydroxyl groups is 2. The second-order valence-corrected chi connectivity index (χ2v) is 5.21. The average molecular weight is 295 g/mol. The molecule has 1 heterocycles. The number of hydrogen-bond donors (Lipinski definition) is 3. The molecule has 2 rings (SSSR count). The van der Waals surface area contributed by atoms with Crippen LogP contribution in [-0.4, -0.2) is 67.7 Å². The Bertz CT molecular complexity index is 436. The second-order valence-electron chi connectivity index (χ2n) is 5.21. The number of ether oxygens (including phenoxy) is 1. The third-order valence-corrected chi connectivity index (χ3v) is 3.68. The quantitative estimate of drug-likeness (QED) is 0.592. The third-order valence-electron chi connectivity index (χ3n) is 3.68. The van der Waals surface area contributed by atoms with Gasteiger partial charge in [-0.05, 0) is 18.6 Å². The largest absolute Gasteiger partial charge is 0.489 e. The molecule has 1 aromatic carbocycles. The zero-order valence-corrected chi connectivity index (χ0v) is 12.4. The summed E-state index contributed by atoms with van der Waals surface area (Å²) < 4.78 is 5.64. The number of nitrogens with two attached hydrogens (primary N) is 1. The fraction of sp³-hybridized carbons (Fsp3) is 0.600. The van der Waals surface area contributed by atoms with Crippen molar-refractivity contribution in [1.29, 1.82) is 0 Å². The van der Waals surface area contributed by atoms with Gasteiger partial charge in [0.05, 0.1) is 25.4 Å². The molecule has 0 atom stereocenters. The van der Waals surface area contributed by atoms with E-state index in [0.29, 0.717) is 25.4 Å². The van der Waals surface area contributed by atoms with Crippen LogP contribution in [0.25, 0.3) is 0 Å². The molecule has 0 amide bonds. The maximum absolute atomic E-state index is 9.01. The molecule has 1 aliphatic rings. The fourth-order valence-corrected chi connectivity index (χ4v) is 2.63. The molecule has 6 nitrogen and oxygen atoms in total. The lowest BCUT2D eigenvalue weighted by molar-refractivity contribution is 0.160. The van der Waals surface area contributed by atoms with Crippen molar-refractivity contribution in [2.24, 2.45) is 0 Å². The molecule has 0 bridgehead atoms. The predicted octanol–water partition coefficient (Wildman–Crippen LogP) is 0.144. The SMILES string of the molecule is Nc1ccc2c(c1)OCCN2CCCN(CCO)CCO. The average Bonchev–Trinajstić information content (AvgIpc) is 2.47. The van der Waals surface area contributed by atoms with Crippen LogP contribution >= 0.6 is 0 Å². The van der Waals surface area contributed by atoms with Crippen molar-refractivity contribution in [3.63, 3.8) is 0 Å². The Kier molecular flexibility index (Phi) is 6.10. The van der Waals surface area contributed by atoms with Crippen LogP contribution in [0.5, 0.6) is 5.75 Å². The summed E-state index contributed by atoms with van der Waals surface area (Å²) in [7, 11) is 0. The first-order valence-electron chi connectivity index (χ1n) is 7.46. The summed E-state index contributed by atoms with van der Waals surface area (Å²) in [5, 5.41) is 18.0. The highest BCUT2D eigenvalue weighted by Gasteiger charge is 2.17. The van der Waals surface area contributed by atoms with E-state index < -0.39 is 0 Å². The van der Waals surface area contributed by atoms with Gasteiger partial charge in [-0.2, -0.15) is 0 Å². The maximum Gasteiger partial charge on any atom is 0.144 e. The molecule has 0 spiro atoms. The smallest absolute Gasteiger partial charge is 0.144 e. The molecule has 21 heavy (non-hydrogen) atoms. The topological polar surface area (TPSA) is 82.2 Å². The van der Waals surface area contributed by atoms with Crippen molar-refractivity contribution in [3.05, 3.63) is 18.2 Å². The molecule has 0 aromatic heterocycles. The normalized spacial score (nSPS) is 14.1. The van der Waals surface area contributed by atoms with Gasteiger partial charge in [0.1, 0.15) is 12.4 Å². The van der Waals surface area contributed by atoms with Gasteiger partial charge < -0.3 is 25.6 Å². The molecule has 0 aliphatic carbocycles. The van der Waals surface area contributed by atoms with Crippen LogP contribution in [0, 0.1) is 0 Å². The Hall–Kier alpha value is -1.50. The zero-order valence-electron chi connectivity index (χ0n) is 12.4. The minimum atomic E-state index is 0.125. The molecule has 1 aliphatic heterocycles. The van der Waals surface area contributed by atoms with Gasteiger partial charge in [0.2, 0.25) is 0 Å². The first-order valence-corrected chi connectivity index (χ1v) is 7.46. The van der Waals surface area contributed by atoms with Gasteiger partial charge in [-0.3, -0.25) is 4.90 Å². The Morgan fingerprint density at radius 1 is 1.19 bits per heavy atom. The van der Waals surface area contributed by atoms with Gasteiger partial charge in [-0.1, -0.05) is 0 Å². The second kappa shape index (κ2) is 8.07. The summed E-state index contributed by atoms with van der Waals surface area (Å²) in [5.74, 6) is 0.851. The fourth-order valence-electron chi connectivity index (χ4n) is 2.63. The number of benzene rings is 1. The third kappa shape index (κ3) is 4.49. The minimum absolute atomic E-state index is 0.125. The van der Waals surface area contributed by atoms with Gasteiger partial charge in [0.15, 0.2) is 0 Å². The van der Waals surface area contributed by atoms with E-state index >= 15 is 0 Å². The van der Waals surface area contributed by atoms with Gasteiger partial charge in [-0.25, -0.2) is 0 Å². The van der Waals surface area contributed by atoms with E-state index in [1.165, 1.54) is 0 Å². The maximum atomic E-state index is 9.01. The number of hydrogen-bond acceptors (Lipinski definition) is 6. The van der Waals surface area contributed by atoms with E-state index in [0.717, 1.165) is 37.5 Å². The Morgan fingerprint density at radius 3 is 2.67 bits per heavy atom. The molecule has 4 N–H and O–H groups in total. The minimum Gasteiger partial charge on any atom is -0.489 e. The molecular weight excluding hydrogens is 270 g/mol. The number of fused-ring (bicyclic) bond motifs is 1. The van der Waals surface area contributed by atoms with Gasteiger partial charge >= 0.3 is 0 Å². The standard InChI is InChI=1S/C15H25N3O3/c16-13-2-3-14-15(12-13)21-11-8-18(14)5-1-4-17(6-9-19)7-10-20/h2-3,12,19-20H,1,4-11,16H2. The first-order chi connectivity index (χ1) is 10.2. The summed E-state index contributed by atoms with van der Waals surface area (Å²) in [5.41, 5.74) is 7.59. The summed E-state index contributed by atoms with van der Waals surface area (Å²) in [6, 6.07) is 5.76. The van der Waals surface area contributed by atoms with Gasteiger partial charge in [0, 0.05) is 37.9 Å². The highest BCUT2D eigenvalue weighted by Crippen LogP contribution is 2.33. The lowest BCUT2D eigenvalue weighted by Crippen LogP contribution is -2.36. The van der Waals surface area contributed by atoms with Crippen molar-refractivity contribution in [2.75, 3.05) is 63.2 Å². The van der Waals surface area contributed by atoms with Crippen molar-refractivity contribution in [2.45, 2.75) is 6.42 Å². The molecule has 118 valence electrons. The highest BCUT2D eigenvalue weighted by atomic mass is 16.5. The van der Waals surface area contributed by atoms with Gasteiger partial charge in [0.25, 0.3) is 0 Å². The van der Waals surface area contributed by atoms with E-state index in [9.17, 15) is 0 Å². The van der Waals surface area contributed by atoms with Crippen LogP contribution in [0.15, 0.2) is 18.2 Å². The van der Waals surface area contributed by atoms with E-state index in [2.05, 4.69) is 9.80 Å². The summed E-state index contributed by atoms with van der Waals surface area (Å²) in [6.45, 7) is 4.80. The number of anilines is 2. The summed E-state index contributed by atoms with van der Waals surface area (Å²) >= 11 is 0. The van der Waals surface area contributed by atoms with E-state index in [1.54, 1.807) is 0 Å². The first kappa shape index (κ1) is 15.9. The van der Waals surface area contributed by atoms with Crippen LogP contribution in [0.4, 0.5) is 11.4 Å². The van der Waals surface area contributed by atoms with E-state index in [1.807, 2.05) is 18.2 Å². The van der Waals surface area contributed by atoms with Gasteiger partial charge in [-0.15, -0.1) is 0 Å². The van der Waals surface area contributed by atoms with Crippen LogP contribution in [0.2, 0.25) is 0 Å². The van der Waals surface area contributed by atoms with Crippen LogP contribution < -0.4 is 15.4 Å². The molecule has 0 saturated heterocycles. The molecule has 0 fully saturated rings.